The van der Waals surface area contributed by atoms with Crippen molar-refractivity contribution in [3.8, 4) is 0 Å². The minimum absolute atomic E-state index is 0.357. The van der Waals surface area contributed by atoms with Gasteiger partial charge in [0.25, 0.3) is 0 Å². The Morgan fingerprint density at radius 1 is 1.38 bits per heavy atom. The summed E-state index contributed by atoms with van der Waals surface area (Å²) in [4.78, 5) is 16.0. The summed E-state index contributed by atoms with van der Waals surface area (Å²) in [6.45, 7) is 3.37. The highest BCUT2D eigenvalue weighted by Crippen LogP contribution is 2.17. The molecule has 0 radical (unpaired) electrons. The van der Waals surface area contributed by atoms with E-state index in [1.807, 2.05) is 22.2 Å². The first-order valence-electron chi connectivity index (χ1n) is 6.63. The zero-order valence-electron chi connectivity index (χ0n) is 11.9. The van der Waals surface area contributed by atoms with E-state index in [4.69, 9.17) is 4.74 Å². The van der Waals surface area contributed by atoms with Gasteiger partial charge in [0.2, 0.25) is 0 Å². The van der Waals surface area contributed by atoms with E-state index in [0.29, 0.717) is 12.1 Å². The molecule has 7 heteroatoms. The SMILES string of the molecule is CCn1nncc1Cn1cnc2ccc(C(=O)OC)cc21. The van der Waals surface area contributed by atoms with Gasteiger partial charge in [-0.25, -0.2) is 14.5 Å². The predicted octanol–water partition coefficient (Wildman–Crippen LogP) is 1.48. The molecule has 0 spiro atoms. The van der Waals surface area contributed by atoms with Crippen LogP contribution in [0.1, 0.15) is 23.0 Å². The summed E-state index contributed by atoms with van der Waals surface area (Å²) in [7, 11) is 1.37. The second-order valence-corrected chi connectivity index (χ2v) is 4.61. The molecule has 1 aromatic carbocycles. The summed E-state index contributed by atoms with van der Waals surface area (Å²) in [6.07, 6.45) is 3.48. The number of esters is 1. The zero-order chi connectivity index (χ0) is 14.8. The summed E-state index contributed by atoms with van der Waals surface area (Å²) in [6, 6.07) is 5.31. The number of ether oxygens (including phenoxy) is 1. The third-order valence-corrected chi connectivity index (χ3v) is 3.37. The highest BCUT2D eigenvalue weighted by Gasteiger charge is 2.11. The van der Waals surface area contributed by atoms with Gasteiger partial charge >= 0.3 is 5.97 Å². The number of nitrogens with zero attached hydrogens (tertiary/aromatic N) is 5. The standard InChI is InChI=1S/C14H15N5O2/c1-3-19-11(7-16-17-19)8-18-9-15-12-5-4-10(6-13(12)18)14(20)21-2/h4-7,9H,3,8H2,1-2H3. The fourth-order valence-electron chi connectivity index (χ4n) is 2.27. The molecule has 0 N–H and O–H groups in total. The molecule has 108 valence electrons. The molecule has 2 aromatic heterocycles. The van der Waals surface area contributed by atoms with Gasteiger partial charge in [0.1, 0.15) is 0 Å². The number of carbonyl (C=O) groups excluding carboxylic acids is 1. The van der Waals surface area contributed by atoms with E-state index >= 15 is 0 Å². The Labute approximate surface area is 121 Å². The smallest absolute Gasteiger partial charge is 0.337 e. The van der Waals surface area contributed by atoms with Gasteiger partial charge in [-0.2, -0.15) is 0 Å². The Morgan fingerprint density at radius 3 is 3.00 bits per heavy atom. The van der Waals surface area contributed by atoms with Crippen molar-refractivity contribution in [3.05, 3.63) is 42.0 Å². The van der Waals surface area contributed by atoms with Crippen LogP contribution in [0.25, 0.3) is 11.0 Å². The molecule has 21 heavy (non-hydrogen) atoms. The molecular weight excluding hydrogens is 270 g/mol. The number of carbonyl (C=O) groups is 1. The maximum atomic E-state index is 11.6. The molecule has 0 amide bonds. The largest absolute Gasteiger partial charge is 0.465 e. The Bertz CT molecular complexity index is 790. The van der Waals surface area contributed by atoms with Crippen molar-refractivity contribution >= 4 is 17.0 Å². The molecule has 0 aliphatic carbocycles. The predicted molar refractivity (Wildman–Crippen MR) is 75.9 cm³/mol. The van der Waals surface area contributed by atoms with Crippen LogP contribution in [-0.4, -0.2) is 37.6 Å². The molecule has 0 aliphatic rings. The van der Waals surface area contributed by atoms with Crippen molar-refractivity contribution in [1.29, 1.82) is 0 Å². The molecular formula is C14H15N5O2. The molecule has 0 atom stereocenters. The summed E-state index contributed by atoms with van der Waals surface area (Å²) in [5.74, 6) is -0.357. The van der Waals surface area contributed by atoms with Crippen LogP contribution in [0.2, 0.25) is 0 Å². The minimum Gasteiger partial charge on any atom is -0.465 e. The topological polar surface area (TPSA) is 74.8 Å². The lowest BCUT2D eigenvalue weighted by Gasteiger charge is -2.06. The molecule has 3 aromatic rings. The maximum Gasteiger partial charge on any atom is 0.337 e. The van der Waals surface area contributed by atoms with Gasteiger partial charge in [0.15, 0.2) is 0 Å². The monoisotopic (exact) mass is 285 g/mol. The molecule has 7 nitrogen and oxygen atoms in total. The summed E-state index contributed by atoms with van der Waals surface area (Å²) >= 11 is 0. The summed E-state index contributed by atoms with van der Waals surface area (Å²) < 4.78 is 8.55. The molecule has 2 heterocycles. The lowest BCUT2D eigenvalue weighted by Crippen LogP contribution is -2.07. The first-order chi connectivity index (χ1) is 10.2. The average molecular weight is 285 g/mol. The number of fused-ring (bicyclic) bond motifs is 1. The maximum absolute atomic E-state index is 11.6. The van der Waals surface area contributed by atoms with E-state index in [0.717, 1.165) is 23.3 Å². The van der Waals surface area contributed by atoms with Crippen LogP contribution >= 0.6 is 0 Å². The van der Waals surface area contributed by atoms with Crippen molar-refractivity contribution in [2.75, 3.05) is 7.11 Å². The number of hydrogen-bond acceptors (Lipinski definition) is 5. The quantitative estimate of drug-likeness (QED) is 0.679. The summed E-state index contributed by atoms with van der Waals surface area (Å²) in [5.41, 5.74) is 3.20. The normalized spacial score (nSPS) is 11.0. The van der Waals surface area contributed by atoms with Gasteiger partial charge in [0.05, 0.1) is 48.5 Å². The van der Waals surface area contributed by atoms with E-state index in [2.05, 4.69) is 15.3 Å². The van der Waals surface area contributed by atoms with E-state index in [1.165, 1.54) is 7.11 Å². The van der Waals surface area contributed by atoms with Crippen LogP contribution in [0.3, 0.4) is 0 Å². The van der Waals surface area contributed by atoms with Gasteiger partial charge in [0, 0.05) is 6.54 Å². The molecule has 0 fully saturated rings. The van der Waals surface area contributed by atoms with Gasteiger partial charge < -0.3 is 9.30 Å². The number of aryl methyl sites for hydroxylation is 1. The van der Waals surface area contributed by atoms with Crippen molar-refractivity contribution in [1.82, 2.24) is 24.5 Å². The Balaban J connectivity index is 2.00. The number of hydrogen-bond donors (Lipinski definition) is 0. The third-order valence-electron chi connectivity index (χ3n) is 3.37. The molecule has 0 saturated heterocycles. The molecule has 0 saturated carbocycles. The Kier molecular flexibility index (Phi) is 3.39. The number of benzene rings is 1. The van der Waals surface area contributed by atoms with Crippen molar-refractivity contribution in [2.45, 2.75) is 20.0 Å². The number of methoxy groups -OCH3 is 1. The molecule has 0 unspecified atom stereocenters. The van der Waals surface area contributed by atoms with Crippen molar-refractivity contribution < 1.29 is 9.53 Å². The van der Waals surface area contributed by atoms with Gasteiger partial charge in [-0.1, -0.05) is 5.21 Å². The highest BCUT2D eigenvalue weighted by molar-refractivity contribution is 5.93. The lowest BCUT2D eigenvalue weighted by molar-refractivity contribution is 0.0601. The van der Waals surface area contributed by atoms with Crippen molar-refractivity contribution in [2.24, 2.45) is 0 Å². The van der Waals surface area contributed by atoms with Crippen molar-refractivity contribution in [3.63, 3.8) is 0 Å². The van der Waals surface area contributed by atoms with Crippen LogP contribution in [0, 0.1) is 0 Å². The van der Waals surface area contributed by atoms with E-state index < -0.39 is 0 Å². The Morgan fingerprint density at radius 2 is 2.24 bits per heavy atom. The average Bonchev–Trinajstić information content (AvgIpc) is 3.13. The first-order valence-corrected chi connectivity index (χ1v) is 6.63. The van der Waals surface area contributed by atoms with Gasteiger partial charge in [-0.15, -0.1) is 5.10 Å². The molecule has 0 bridgehead atoms. The number of aromatic nitrogens is 5. The van der Waals surface area contributed by atoms with E-state index in [9.17, 15) is 4.79 Å². The molecule has 3 rings (SSSR count). The fraction of sp³-hybridized carbons (Fsp3) is 0.286. The molecule has 0 aliphatic heterocycles. The summed E-state index contributed by atoms with van der Waals surface area (Å²) in [5, 5.41) is 7.93. The van der Waals surface area contributed by atoms with Gasteiger partial charge in [-0.05, 0) is 25.1 Å². The first kappa shape index (κ1) is 13.3. The second kappa shape index (κ2) is 5.35. The third kappa shape index (κ3) is 2.37. The van der Waals surface area contributed by atoms with Crippen LogP contribution in [0.4, 0.5) is 0 Å². The fourth-order valence-corrected chi connectivity index (χ4v) is 2.27. The van der Waals surface area contributed by atoms with E-state index in [-0.39, 0.29) is 5.97 Å². The zero-order valence-corrected chi connectivity index (χ0v) is 11.9. The Hall–Kier alpha value is -2.70. The highest BCUT2D eigenvalue weighted by atomic mass is 16.5. The van der Waals surface area contributed by atoms with Crippen LogP contribution < -0.4 is 0 Å². The van der Waals surface area contributed by atoms with Crippen LogP contribution in [0.5, 0.6) is 0 Å². The van der Waals surface area contributed by atoms with Crippen LogP contribution in [-0.2, 0) is 17.8 Å². The van der Waals surface area contributed by atoms with Gasteiger partial charge in [-0.3, -0.25) is 0 Å². The minimum atomic E-state index is -0.357. The van der Waals surface area contributed by atoms with E-state index in [1.54, 1.807) is 24.7 Å². The number of imidazole rings is 1. The van der Waals surface area contributed by atoms with Crippen LogP contribution in [0.15, 0.2) is 30.7 Å². The lowest BCUT2D eigenvalue weighted by atomic mass is 10.2. The second-order valence-electron chi connectivity index (χ2n) is 4.61. The number of rotatable bonds is 4.